The predicted octanol–water partition coefficient (Wildman–Crippen LogP) is 4.24. The zero-order chi connectivity index (χ0) is 25.2. The van der Waals surface area contributed by atoms with Crippen molar-refractivity contribution in [2.24, 2.45) is 11.8 Å². The number of hydrogen-bond acceptors (Lipinski definition) is 7. The number of carbonyl (C=O) groups is 2. The Kier molecular flexibility index (Phi) is 6.75. The number of aromatic nitrogens is 3. The number of carboxylic acid groups (broad SMARTS) is 1. The molecule has 0 bridgehead atoms. The molecule has 2 aromatic heterocycles. The molecule has 10 heteroatoms. The first-order valence-electron chi connectivity index (χ1n) is 11.7. The largest absolute Gasteiger partial charge is 0.481 e. The van der Waals surface area contributed by atoms with Crippen LogP contribution in [-0.2, 0) is 14.3 Å². The zero-order valence-corrected chi connectivity index (χ0v) is 20.4. The van der Waals surface area contributed by atoms with Crippen LogP contribution >= 0.6 is 11.6 Å². The Hall–Kier alpha value is -3.69. The summed E-state index contributed by atoms with van der Waals surface area (Å²) in [6, 6.07) is 9.95. The number of carboxylic acids is 1. The van der Waals surface area contributed by atoms with Crippen molar-refractivity contribution >= 4 is 40.2 Å². The molecule has 186 valence electrons. The number of fused-ring (bicyclic) bond motifs is 1. The Labute approximate surface area is 212 Å². The van der Waals surface area contributed by atoms with Crippen molar-refractivity contribution in [3.05, 3.63) is 59.3 Å². The molecule has 2 unspecified atom stereocenters. The van der Waals surface area contributed by atoms with Crippen LogP contribution in [0.15, 0.2) is 54.3 Å². The van der Waals surface area contributed by atoms with E-state index in [1.165, 1.54) is 13.0 Å². The Bertz CT molecular complexity index is 1360. The van der Waals surface area contributed by atoms with E-state index in [2.05, 4.69) is 19.9 Å². The van der Waals surface area contributed by atoms with Crippen LogP contribution in [0.1, 0.15) is 13.3 Å². The van der Waals surface area contributed by atoms with Crippen LogP contribution in [0.25, 0.3) is 22.4 Å². The smallest absolute Gasteiger partial charge is 0.306 e. The number of imidazole rings is 1. The monoisotopic (exact) mass is 508 g/mol. The minimum Gasteiger partial charge on any atom is -0.481 e. The van der Waals surface area contributed by atoms with Crippen LogP contribution in [0.4, 0.5) is 5.69 Å². The molecule has 36 heavy (non-hydrogen) atoms. The van der Waals surface area contributed by atoms with Crippen molar-refractivity contribution in [1.82, 2.24) is 15.0 Å². The Morgan fingerprint density at radius 2 is 2.00 bits per heavy atom. The van der Waals surface area contributed by atoms with Gasteiger partial charge in [0.2, 0.25) is 0 Å². The van der Waals surface area contributed by atoms with Crippen LogP contribution in [0.5, 0.6) is 6.01 Å². The highest BCUT2D eigenvalue weighted by molar-refractivity contribution is 6.33. The molecule has 0 radical (unpaired) electrons. The molecule has 2 aliphatic rings. The summed E-state index contributed by atoms with van der Waals surface area (Å²) in [6.07, 6.45) is 5.00. The average molecular weight is 509 g/mol. The van der Waals surface area contributed by atoms with E-state index in [0.717, 1.165) is 37.6 Å². The summed E-state index contributed by atoms with van der Waals surface area (Å²) in [5.74, 6) is -2.48. The predicted molar refractivity (Wildman–Crippen MR) is 135 cm³/mol. The Balaban J connectivity index is 1.36. The molecule has 0 saturated carbocycles. The van der Waals surface area contributed by atoms with E-state index in [4.69, 9.17) is 21.1 Å². The number of pyridine rings is 1. The first-order chi connectivity index (χ1) is 17.4. The number of benzene rings is 1. The quantitative estimate of drug-likeness (QED) is 0.507. The molecule has 3 heterocycles. The van der Waals surface area contributed by atoms with Crippen molar-refractivity contribution in [2.45, 2.75) is 13.3 Å². The topological polar surface area (TPSA) is 118 Å². The number of ether oxygens (including phenoxy) is 2. The molecule has 1 fully saturated rings. The number of ketones is 1. The van der Waals surface area contributed by atoms with Gasteiger partial charge in [-0.25, -0.2) is 4.98 Å². The maximum atomic E-state index is 12.6. The van der Waals surface area contributed by atoms with Gasteiger partial charge >= 0.3 is 12.0 Å². The molecule has 1 aliphatic carbocycles. The summed E-state index contributed by atoms with van der Waals surface area (Å²) in [4.78, 5) is 38.2. The van der Waals surface area contributed by atoms with Crippen LogP contribution in [0.2, 0.25) is 5.02 Å². The lowest BCUT2D eigenvalue weighted by Gasteiger charge is -2.28. The maximum absolute atomic E-state index is 12.6. The van der Waals surface area contributed by atoms with Gasteiger partial charge in [0.15, 0.2) is 11.4 Å². The second-order valence-electron chi connectivity index (χ2n) is 8.80. The number of nitrogens with one attached hydrogen (secondary N) is 1. The lowest BCUT2D eigenvalue weighted by atomic mass is 9.88. The number of carbonyl (C=O) groups excluding carboxylic acids is 1. The SMILES string of the molecule is CC(C(=O)O)C1CC=CC(Oc2nc3nc(-c4ccc(N5CCOCC5)cc4)c(Cl)cc3[nH]2)=CC1=O. The number of allylic oxidation sites excluding steroid dienone is 3. The van der Waals surface area contributed by atoms with Gasteiger partial charge in [0.1, 0.15) is 5.76 Å². The van der Waals surface area contributed by atoms with E-state index >= 15 is 0 Å². The Morgan fingerprint density at radius 1 is 1.25 bits per heavy atom. The summed E-state index contributed by atoms with van der Waals surface area (Å²) in [6.45, 7) is 4.69. The lowest BCUT2D eigenvalue weighted by Crippen LogP contribution is -2.36. The fourth-order valence-corrected chi connectivity index (χ4v) is 4.60. The van der Waals surface area contributed by atoms with Crippen LogP contribution < -0.4 is 9.64 Å². The third kappa shape index (κ3) is 4.98. The summed E-state index contributed by atoms with van der Waals surface area (Å²) >= 11 is 6.55. The third-order valence-corrected chi connectivity index (χ3v) is 6.74. The number of morpholine rings is 1. The van der Waals surface area contributed by atoms with Crippen LogP contribution in [0.3, 0.4) is 0 Å². The summed E-state index contributed by atoms with van der Waals surface area (Å²) in [5.41, 5.74) is 3.59. The number of hydrogen-bond donors (Lipinski definition) is 2. The molecule has 1 aromatic carbocycles. The van der Waals surface area contributed by atoms with Crippen LogP contribution in [0, 0.1) is 11.8 Å². The molecule has 2 N–H and O–H groups in total. The van der Waals surface area contributed by atoms with E-state index in [1.807, 2.05) is 24.3 Å². The van der Waals surface area contributed by atoms with E-state index in [1.54, 1.807) is 18.2 Å². The average Bonchev–Trinajstić information content (AvgIpc) is 3.17. The van der Waals surface area contributed by atoms with Gasteiger partial charge in [-0.1, -0.05) is 36.7 Å². The zero-order valence-electron chi connectivity index (χ0n) is 19.6. The van der Waals surface area contributed by atoms with Gasteiger partial charge in [-0.3, -0.25) is 9.59 Å². The van der Waals surface area contributed by atoms with Gasteiger partial charge in [-0.2, -0.15) is 4.98 Å². The van der Waals surface area contributed by atoms with Crippen molar-refractivity contribution in [3.63, 3.8) is 0 Å². The molecule has 3 aromatic rings. The molecule has 5 rings (SSSR count). The molecule has 1 aliphatic heterocycles. The highest BCUT2D eigenvalue weighted by atomic mass is 35.5. The van der Waals surface area contributed by atoms with Gasteiger partial charge in [-0.15, -0.1) is 0 Å². The number of anilines is 1. The summed E-state index contributed by atoms with van der Waals surface area (Å²) < 4.78 is 11.2. The summed E-state index contributed by atoms with van der Waals surface area (Å²) in [7, 11) is 0. The Morgan fingerprint density at radius 3 is 2.72 bits per heavy atom. The second-order valence-corrected chi connectivity index (χ2v) is 9.21. The number of nitrogens with zero attached hydrogens (tertiary/aromatic N) is 3. The highest BCUT2D eigenvalue weighted by Gasteiger charge is 2.29. The van der Waals surface area contributed by atoms with E-state index < -0.39 is 17.8 Å². The highest BCUT2D eigenvalue weighted by Crippen LogP contribution is 2.31. The number of aromatic amines is 1. The first kappa shape index (κ1) is 24.0. The van der Waals surface area contributed by atoms with Gasteiger partial charge in [0.25, 0.3) is 0 Å². The van der Waals surface area contributed by atoms with Crippen molar-refractivity contribution in [2.75, 3.05) is 31.2 Å². The van der Waals surface area contributed by atoms with E-state index in [9.17, 15) is 14.7 Å². The first-order valence-corrected chi connectivity index (χ1v) is 12.1. The van der Waals surface area contributed by atoms with Gasteiger partial charge in [0, 0.05) is 36.3 Å². The molecule has 0 amide bonds. The fraction of sp³-hybridized carbons (Fsp3) is 0.308. The second kappa shape index (κ2) is 10.1. The number of H-pyrrole nitrogens is 1. The van der Waals surface area contributed by atoms with Crippen molar-refractivity contribution < 1.29 is 24.2 Å². The van der Waals surface area contributed by atoms with Gasteiger partial charge < -0.3 is 24.5 Å². The maximum Gasteiger partial charge on any atom is 0.306 e. The van der Waals surface area contributed by atoms with Gasteiger partial charge in [0.05, 0.1) is 35.4 Å². The number of rotatable bonds is 6. The van der Waals surface area contributed by atoms with Crippen LogP contribution in [-0.4, -0.2) is 58.1 Å². The fourth-order valence-electron chi connectivity index (χ4n) is 4.34. The van der Waals surface area contributed by atoms with E-state index in [-0.39, 0.29) is 17.6 Å². The minimum atomic E-state index is -1.01. The molecule has 1 saturated heterocycles. The standard InChI is InChI=1S/C26H25ClN4O5/c1-15(25(33)34)19-4-2-3-18(13-22(19)32)36-26-28-21-14-20(27)23(29-24(21)30-26)16-5-7-17(8-6-16)31-9-11-35-12-10-31/h2-3,5-8,13-15,19H,4,9-12H2,1H3,(H,33,34)(H,28,29,30). The molecule has 9 nitrogen and oxygen atoms in total. The molecule has 2 atom stereocenters. The minimum absolute atomic E-state index is 0.154. The van der Waals surface area contributed by atoms with Crippen molar-refractivity contribution in [1.29, 1.82) is 0 Å². The lowest BCUT2D eigenvalue weighted by molar-refractivity contribution is -0.145. The normalized spacial score (nSPS) is 19.2. The van der Waals surface area contributed by atoms with E-state index in [0.29, 0.717) is 28.3 Å². The summed E-state index contributed by atoms with van der Waals surface area (Å²) in [5, 5.41) is 9.72. The van der Waals surface area contributed by atoms with Gasteiger partial charge in [-0.05, 0) is 30.7 Å². The molecular weight excluding hydrogens is 484 g/mol. The molecular formula is C26H25ClN4O5. The number of aliphatic carboxylic acids is 1. The number of halogens is 1. The third-order valence-electron chi connectivity index (χ3n) is 6.45. The van der Waals surface area contributed by atoms with Crippen molar-refractivity contribution in [3.8, 4) is 17.3 Å². The molecule has 0 spiro atoms.